The molecule has 5 nitrogen and oxygen atoms in total. The Labute approximate surface area is 183 Å². The highest BCUT2D eigenvalue weighted by atomic mass is 32.2. The summed E-state index contributed by atoms with van der Waals surface area (Å²) in [6.45, 7) is 2.57. The number of rotatable bonds is 8. The molecule has 3 aromatic carbocycles. The smallest absolute Gasteiger partial charge is 0.244 e. The molecule has 0 saturated carbocycles. The monoisotopic (exact) mass is 434 g/mol. The summed E-state index contributed by atoms with van der Waals surface area (Å²) in [6, 6.07) is 27.0. The average molecular weight is 435 g/mol. The van der Waals surface area contributed by atoms with E-state index in [9.17, 15) is 13.2 Å². The first-order chi connectivity index (χ1) is 14.8. The Bertz CT molecular complexity index is 1100. The van der Waals surface area contributed by atoms with Crippen LogP contribution >= 0.6 is 0 Å². The molecule has 31 heavy (non-hydrogen) atoms. The highest BCUT2D eigenvalue weighted by Crippen LogP contribution is 2.31. The average Bonchev–Trinajstić information content (AvgIpc) is 2.77. The molecular weight excluding hydrogens is 408 g/mol. The summed E-state index contributed by atoms with van der Waals surface area (Å²) in [4.78, 5) is 12.5. The van der Waals surface area contributed by atoms with E-state index in [2.05, 4.69) is 41.2 Å². The van der Waals surface area contributed by atoms with Gasteiger partial charge in [-0.1, -0.05) is 72.8 Å². The van der Waals surface area contributed by atoms with E-state index in [4.69, 9.17) is 0 Å². The summed E-state index contributed by atoms with van der Waals surface area (Å²) in [5, 5.41) is 3.02. The SMILES string of the molecule is CC(CNC(=O)C=Cc1ccc(NS(C)(=O)=O)cc1)(c1ccccc1)c1ccccc1. The van der Waals surface area contributed by atoms with Crippen molar-refractivity contribution in [1.29, 1.82) is 0 Å². The van der Waals surface area contributed by atoms with Gasteiger partial charge in [0.1, 0.15) is 0 Å². The molecule has 0 atom stereocenters. The van der Waals surface area contributed by atoms with Gasteiger partial charge in [-0.25, -0.2) is 8.42 Å². The summed E-state index contributed by atoms with van der Waals surface area (Å²) in [5.41, 5.74) is 3.15. The fourth-order valence-electron chi connectivity index (χ4n) is 3.35. The topological polar surface area (TPSA) is 75.3 Å². The lowest BCUT2D eigenvalue weighted by Gasteiger charge is -2.31. The molecule has 0 unspecified atom stereocenters. The third-order valence-corrected chi connectivity index (χ3v) is 5.69. The van der Waals surface area contributed by atoms with Gasteiger partial charge in [0.25, 0.3) is 0 Å². The maximum atomic E-state index is 12.5. The first kappa shape index (κ1) is 22.3. The summed E-state index contributed by atoms with van der Waals surface area (Å²) in [6.07, 6.45) is 4.28. The normalized spacial score (nSPS) is 11.9. The lowest BCUT2D eigenvalue weighted by molar-refractivity contribution is -0.116. The third kappa shape index (κ3) is 6.30. The van der Waals surface area contributed by atoms with Crippen LogP contribution in [-0.4, -0.2) is 27.1 Å². The predicted octanol–water partition coefficient (Wildman–Crippen LogP) is 4.19. The zero-order valence-electron chi connectivity index (χ0n) is 17.6. The zero-order valence-corrected chi connectivity index (χ0v) is 18.4. The Morgan fingerprint density at radius 2 is 1.39 bits per heavy atom. The lowest BCUT2D eigenvalue weighted by Crippen LogP contribution is -2.39. The number of hydrogen-bond donors (Lipinski definition) is 2. The number of carbonyl (C=O) groups is 1. The van der Waals surface area contributed by atoms with Gasteiger partial charge >= 0.3 is 0 Å². The van der Waals surface area contributed by atoms with Crippen molar-refractivity contribution in [2.24, 2.45) is 0 Å². The molecule has 2 N–H and O–H groups in total. The van der Waals surface area contributed by atoms with Gasteiger partial charge in [0, 0.05) is 23.7 Å². The fraction of sp³-hybridized carbons (Fsp3) is 0.160. The summed E-state index contributed by atoms with van der Waals surface area (Å²) in [5.74, 6) is -0.198. The minimum atomic E-state index is -3.32. The van der Waals surface area contributed by atoms with Crippen LogP contribution in [0.1, 0.15) is 23.6 Å². The van der Waals surface area contributed by atoms with E-state index in [0.717, 1.165) is 22.9 Å². The summed E-state index contributed by atoms with van der Waals surface area (Å²) >= 11 is 0. The zero-order chi connectivity index (χ0) is 22.3. The van der Waals surface area contributed by atoms with E-state index in [1.54, 1.807) is 30.3 Å². The van der Waals surface area contributed by atoms with Gasteiger partial charge < -0.3 is 5.32 Å². The number of hydrogen-bond acceptors (Lipinski definition) is 3. The van der Waals surface area contributed by atoms with Gasteiger partial charge in [-0.3, -0.25) is 9.52 Å². The largest absolute Gasteiger partial charge is 0.351 e. The molecule has 0 aromatic heterocycles. The van der Waals surface area contributed by atoms with Gasteiger partial charge in [-0.15, -0.1) is 0 Å². The molecule has 0 fully saturated rings. The van der Waals surface area contributed by atoms with Crippen LogP contribution in [0, 0.1) is 0 Å². The molecule has 160 valence electrons. The number of amides is 1. The van der Waals surface area contributed by atoms with Crippen LogP contribution in [0.15, 0.2) is 91.0 Å². The molecular formula is C25H26N2O3S. The maximum absolute atomic E-state index is 12.5. The van der Waals surface area contributed by atoms with E-state index in [1.807, 2.05) is 36.4 Å². The maximum Gasteiger partial charge on any atom is 0.244 e. The molecule has 0 saturated heterocycles. The molecule has 0 radical (unpaired) electrons. The van der Waals surface area contributed by atoms with Crippen molar-refractivity contribution >= 4 is 27.7 Å². The van der Waals surface area contributed by atoms with Gasteiger partial charge in [-0.2, -0.15) is 0 Å². The number of anilines is 1. The Morgan fingerprint density at radius 3 is 1.87 bits per heavy atom. The molecule has 0 bridgehead atoms. The van der Waals surface area contributed by atoms with Gasteiger partial charge in [0.05, 0.1) is 6.26 Å². The predicted molar refractivity (Wildman–Crippen MR) is 126 cm³/mol. The Morgan fingerprint density at radius 1 is 0.871 bits per heavy atom. The van der Waals surface area contributed by atoms with Crippen molar-refractivity contribution in [2.75, 3.05) is 17.5 Å². The van der Waals surface area contributed by atoms with Crippen LogP contribution in [0.5, 0.6) is 0 Å². The van der Waals surface area contributed by atoms with Crippen molar-refractivity contribution in [3.63, 3.8) is 0 Å². The second-order valence-corrected chi connectivity index (χ2v) is 9.36. The van der Waals surface area contributed by atoms with E-state index < -0.39 is 10.0 Å². The summed E-state index contributed by atoms with van der Waals surface area (Å²) < 4.78 is 25.0. The minimum Gasteiger partial charge on any atom is -0.351 e. The summed E-state index contributed by atoms with van der Waals surface area (Å²) in [7, 11) is -3.32. The Balaban J connectivity index is 1.69. The molecule has 0 aliphatic carbocycles. The van der Waals surface area contributed by atoms with Crippen molar-refractivity contribution in [3.05, 3.63) is 108 Å². The minimum absolute atomic E-state index is 0.198. The molecule has 0 aliphatic rings. The number of nitrogens with one attached hydrogen (secondary N) is 2. The van der Waals surface area contributed by atoms with Gasteiger partial charge in [0.2, 0.25) is 15.9 Å². The quantitative estimate of drug-likeness (QED) is 0.522. The van der Waals surface area contributed by atoms with Gasteiger partial charge in [0.15, 0.2) is 0 Å². The van der Waals surface area contributed by atoms with E-state index in [1.165, 1.54) is 6.08 Å². The van der Waals surface area contributed by atoms with Crippen molar-refractivity contribution in [1.82, 2.24) is 5.32 Å². The standard InChI is InChI=1S/C25H26N2O3S/c1-25(21-9-5-3-6-10-21,22-11-7-4-8-12-22)19-26-24(28)18-15-20-13-16-23(17-14-20)27-31(2,29)30/h3-18,27H,19H2,1-2H3,(H,26,28). The second kappa shape index (κ2) is 9.62. The number of benzene rings is 3. The van der Waals surface area contributed by atoms with Crippen molar-refractivity contribution < 1.29 is 13.2 Å². The van der Waals surface area contributed by atoms with Crippen LogP contribution in [-0.2, 0) is 20.2 Å². The molecule has 3 rings (SSSR count). The van der Waals surface area contributed by atoms with Crippen LogP contribution < -0.4 is 10.0 Å². The van der Waals surface area contributed by atoms with Crippen LogP contribution in [0.25, 0.3) is 6.08 Å². The fourth-order valence-corrected chi connectivity index (χ4v) is 3.92. The van der Waals surface area contributed by atoms with E-state index in [-0.39, 0.29) is 11.3 Å². The van der Waals surface area contributed by atoms with Crippen molar-refractivity contribution in [3.8, 4) is 0 Å². The highest BCUT2D eigenvalue weighted by molar-refractivity contribution is 7.92. The molecule has 0 heterocycles. The highest BCUT2D eigenvalue weighted by Gasteiger charge is 2.28. The number of carbonyl (C=O) groups excluding carboxylic acids is 1. The first-order valence-corrected chi connectivity index (χ1v) is 11.8. The van der Waals surface area contributed by atoms with E-state index in [0.29, 0.717) is 12.2 Å². The first-order valence-electron chi connectivity index (χ1n) is 9.91. The van der Waals surface area contributed by atoms with Crippen LogP contribution in [0.4, 0.5) is 5.69 Å². The van der Waals surface area contributed by atoms with Gasteiger partial charge in [-0.05, 0) is 41.8 Å². The van der Waals surface area contributed by atoms with Crippen LogP contribution in [0.2, 0.25) is 0 Å². The van der Waals surface area contributed by atoms with Crippen molar-refractivity contribution in [2.45, 2.75) is 12.3 Å². The molecule has 6 heteroatoms. The van der Waals surface area contributed by atoms with E-state index >= 15 is 0 Å². The second-order valence-electron chi connectivity index (χ2n) is 7.61. The molecule has 0 spiro atoms. The Kier molecular flexibility index (Phi) is 6.92. The lowest BCUT2D eigenvalue weighted by atomic mass is 9.76. The molecule has 0 aliphatic heterocycles. The third-order valence-electron chi connectivity index (χ3n) is 5.08. The molecule has 3 aromatic rings. The van der Waals surface area contributed by atoms with Crippen LogP contribution in [0.3, 0.4) is 0 Å². The number of sulfonamides is 1. The Hall–Kier alpha value is -3.38. The molecule has 1 amide bonds.